The molecule has 5 nitrogen and oxygen atoms in total. The van der Waals surface area contributed by atoms with Crippen molar-refractivity contribution in [1.82, 2.24) is 10.2 Å². The summed E-state index contributed by atoms with van der Waals surface area (Å²) in [5, 5.41) is 2.97. The van der Waals surface area contributed by atoms with E-state index in [-0.39, 0.29) is 29.9 Å². The van der Waals surface area contributed by atoms with E-state index in [0.29, 0.717) is 19.5 Å². The van der Waals surface area contributed by atoms with Gasteiger partial charge < -0.3 is 15.0 Å². The lowest BCUT2D eigenvalue weighted by Gasteiger charge is -2.32. The van der Waals surface area contributed by atoms with Gasteiger partial charge in [-0.15, -0.1) is 0 Å². The lowest BCUT2D eigenvalue weighted by molar-refractivity contribution is -0.136. The summed E-state index contributed by atoms with van der Waals surface area (Å²) < 4.78 is 5.68. The highest BCUT2D eigenvalue weighted by Crippen LogP contribution is 2.21. The smallest absolute Gasteiger partial charge is 0.223 e. The Morgan fingerprint density at radius 3 is 2.50 bits per heavy atom. The van der Waals surface area contributed by atoms with Crippen molar-refractivity contribution in [3.63, 3.8) is 0 Å². The zero-order chi connectivity index (χ0) is 15.9. The number of nitrogens with zero attached hydrogens (tertiary/aromatic N) is 1. The van der Waals surface area contributed by atoms with Gasteiger partial charge in [0.15, 0.2) is 0 Å². The van der Waals surface area contributed by atoms with Crippen LogP contribution in [0.5, 0.6) is 0 Å². The minimum atomic E-state index is 0.0631. The van der Waals surface area contributed by atoms with Gasteiger partial charge in [-0.2, -0.15) is 0 Å². The van der Waals surface area contributed by atoms with Crippen LogP contribution in [0.1, 0.15) is 58.8 Å². The van der Waals surface area contributed by atoms with Crippen LogP contribution in [0.15, 0.2) is 0 Å². The molecule has 2 heterocycles. The van der Waals surface area contributed by atoms with Crippen molar-refractivity contribution in [2.24, 2.45) is 5.92 Å². The minimum Gasteiger partial charge on any atom is -0.378 e. The summed E-state index contributed by atoms with van der Waals surface area (Å²) in [7, 11) is 0. The van der Waals surface area contributed by atoms with E-state index in [4.69, 9.17) is 4.74 Å². The molecule has 5 heteroatoms. The maximum atomic E-state index is 12.3. The van der Waals surface area contributed by atoms with Gasteiger partial charge in [0.1, 0.15) is 0 Å². The Hall–Kier alpha value is -1.10. The predicted molar refractivity (Wildman–Crippen MR) is 85.4 cm³/mol. The lowest BCUT2D eigenvalue weighted by atomic mass is 9.95. The standard InChI is InChI=1S/C17H30N2O3/c1-13(2)18-17(21)14-8-10-19(11-9-14)16(20)7-6-15-5-3-4-12-22-15/h13-15H,3-12H2,1-2H3,(H,18,21)/t15-/m1/s1. The van der Waals surface area contributed by atoms with Crippen LogP contribution in [0.4, 0.5) is 0 Å². The van der Waals surface area contributed by atoms with Gasteiger partial charge in [-0.3, -0.25) is 9.59 Å². The van der Waals surface area contributed by atoms with E-state index >= 15 is 0 Å². The molecule has 2 aliphatic heterocycles. The van der Waals surface area contributed by atoms with Crippen LogP contribution in [0.25, 0.3) is 0 Å². The molecule has 1 N–H and O–H groups in total. The second kappa shape index (κ2) is 8.51. The van der Waals surface area contributed by atoms with Crippen molar-refractivity contribution in [2.45, 2.75) is 70.9 Å². The number of likely N-dealkylation sites (tertiary alicyclic amines) is 1. The first kappa shape index (κ1) is 17.3. The summed E-state index contributed by atoms with van der Waals surface area (Å²) in [6.07, 6.45) is 6.71. The molecule has 22 heavy (non-hydrogen) atoms. The normalized spacial score (nSPS) is 23.6. The van der Waals surface area contributed by atoms with E-state index in [1.807, 2.05) is 18.7 Å². The van der Waals surface area contributed by atoms with E-state index in [2.05, 4.69) is 5.32 Å². The van der Waals surface area contributed by atoms with Crippen LogP contribution in [0.3, 0.4) is 0 Å². The van der Waals surface area contributed by atoms with Gasteiger partial charge in [0.25, 0.3) is 0 Å². The Balaban J connectivity index is 1.67. The van der Waals surface area contributed by atoms with Crippen molar-refractivity contribution >= 4 is 11.8 Å². The Bertz CT molecular complexity index is 370. The fourth-order valence-corrected chi connectivity index (χ4v) is 3.27. The van der Waals surface area contributed by atoms with Crippen molar-refractivity contribution in [1.29, 1.82) is 0 Å². The van der Waals surface area contributed by atoms with Gasteiger partial charge >= 0.3 is 0 Å². The summed E-state index contributed by atoms with van der Waals surface area (Å²) in [6, 6.07) is 0.183. The average Bonchev–Trinajstić information content (AvgIpc) is 2.53. The van der Waals surface area contributed by atoms with Gasteiger partial charge in [-0.1, -0.05) is 0 Å². The first-order chi connectivity index (χ1) is 10.6. The van der Waals surface area contributed by atoms with E-state index < -0.39 is 0 Å². The van der Waals surface area contributed by atoms with Crippen LogP contribution >= 0.6 is 0 Å². The van der Waals surface area contributed by atoms with Gasteiger partial charge in [-0.05, 0) is 52.4 Å². The fourth-order valence-electron chi connectivity index (χ4n) is 3.27. The van der Waals surface area contributed by atoms with Crippen molar-refractivity contribution in [3.8, 4) is 0 Å². The van der Waals surface area contributed by atoms with Crippen molar-refractivity contribution in [3.05, 3.63) is 0 Å². The highest BCUT2D eigenvalue weighted by molar-refractivity contribution is 5.80. The molecule has 126 valence electrons. The molecule has 0 aliphatic carbocycles. The second-order valence-electron chi connectivity index (χ2n) is 6.85. The van der Waals surface area contributed by atoms with E-state index in [9.17, 15) is 9.59 Å². The van der Waals surface area contributed by atoms with Crippen LogP contribution in [0, 0.1) is 5.92 Å². The van der Waals surface area contributed by atoms with Gasteiger partial charge in [0, 0.05) is 38.1 Å². The third kappa shape index (κ3) is 5.27. The average molecular weight is 310 g/mol. The Morgan fingerprint density at radius 1 is 1.18 bits per heavy atom. The second-order valence-corrected chi connectivity index (χ2v) is 6.85. The molecule has 0 spiro atoms. The molecule has 2 fully saturated rings. The van der Waals surface area contributed by atoms with Crippen molar-refractivity contribution in [2.75, 3.05) is 19.7 Å². The summed E-state index contributed by atoms with van der Waals surface area (Å²) in [5.41, 5.74) is 0. The molecule has 2 rings (SSSR count). The van der Waals surface area contributed by atoms with Crippen molar-refractivity contribution < 1.29 is 14.3 Å². The Labute approximate surface area is 133 Å². The first-order valence-corrected chi connectivity index (χ1v) is 8.76. The summed E-state index contributed by atoms with van der Waals surface area (Å²) in [4.78, 5) is 26.2. The molecule has 0 unspecified atom stereocenters. The van der Waals surface area contributed by atoms with Gasteiger partial charge in [0.2, 0.25) is 11.8 Å². The molecule has 0 saturated carbocycles. The summed E-state index contributed by atoms with van der Waals surface area (Å²) in [5.74, 6) is 0.419. The fraction of sp³-hybridized carbons (Fsp3) is 0.882. The number of carbonyl (C=O) groups excluding carboxylic acids is 2. The van der Waals surface area contributed by atoms with E-state index in [1.54, 1.807) is 0 Å². The molecule has 2 aliphatic rings. The number of hydrogen-bond acceptors (Lipinski definition) is 3. The predicted octanol–water partition coefficient (Wildman–Crippen LogP) is 2.10. The monoisotopic (exact) mass is 310 g/mol. The molecule has 0 aromatic carbocycles. The number of piperidine rings is 1. The van der Waals surface area contributed by atoms with Crippen LogP contribution in [-0.2, 0) is 14.3 Å². The van der Waals surface area contributed by atoms with Crippen LogP contribution < -0.4 is 5.32 Å². The van der Waals surface area contributed by atoms with Gasteiger partial charge in [0.05, 0.1) is 6.10 Å². The van der Waals surface area contributed by atoms with E-state index in [1.165, 1.54) is 6.42 Å². The topological polar surface area (TPSA) is 58.6 Å². The molecule has 2 amide bonds. The third-order valence-corrected chi connectivity index (χ3v) is 4.60. The molecule has 0 aromatic heterocycles. The number of hydrogen-bond donors (Lipinski definition) is 1. The largest absolute Gasteiger partial charge is 0.378 e. The molecule has 2 saturated heterocycles. The number of nitrogens with one attached hydrogen (secondary N) is 1. The third-order valence-electron chi connectivity index (χ3n) is 4.60. The number of rotatable bonds is 5. The maximum Gasteiger partial charge on any atom is 0.223 e. The number of carbonyl (C=O) groups is 2. The zero-order valence-corrected chi connectivity index (χ0v) is 14.0. The highest BCUT2D eigenvalue weighted by atomic mass is 16.5. The quantitative estimate of drug-likeness (QED) is 0.846. The van der Waals surface area contributed by atoms with E-state index in [0.717, 1.165) is 38.7 Å². The molecule has 0 aromatic rings. The number of ether oxygens (including phenoxy) is 1. The van der Waals surface area contributed by atoms with Crippen LogP contribution in [0.2, 0.25) is 0 Å². The molecule has 0 bridgehead atoms. The summed E-state index contributed by atoms with van der Waals surface area (Å²) in [6.45, 7) is 6.21. The lowest BCUT2D eigenvalue weighted by Crippen LogP contribution is -2.44. The molecular formula is C17H30N2O3. The minimum absolute atomic E-state index is 0.0631. The summed E-state index contributed by atoms with van der Waals surface area (Å²) >= 11 is 0. The molecule has 1 atom stereocenters. The zero-order valence-electron chi connectivity index (χ0n) is 14.0. The first-order valence-electron chi connectivity index (χ1n) is 8.76. The Morgan fingerprint density at radius 2 is 1.91 bits per heavy atom. The highest BCUT2D eigenvalue weighted by Gasteiger charge is 2.27. The Kier molecular flexibility index (Phi) is 6.68. The van der Waals surface area contributed by atoms with Crippen LogP contribution in [-0.4, -0.2) is 48.6 Å². The van der Waals surface area contributed by atoms with Gasteiger partial charge in [-0.25, -0.2) is 0 Å². The maximum absolute atomic E-state index is 12.3. The molecular weight excluding hydrogens is 280 g/mol. The SMILES string of the molecule is CC(C)NC(=O)C1CCN(C(=O)CC[C@H]2CCCCO2)CC1. The molecule has 0 radical (unpaired) electrons. The number of amides is 2.